The Kier molecular flexibility index (Phi) is 4.58. The van der Waals surface area contributed by atoms with Gasteiger partial charge >= 0.3 is 6.03 Å². The number of nitriles is 1. The number of carbonyl (C=O) groups excluding carboxylic acids is 1. The first kappa shape index (κ1) is 13.9. The first-order valence-corrected chi connectivity index (χ1v) is 7.02. The number of hydrogen-bond acceptors (Lipinski definition) is 4. The number of aromatic nitrogens is 1. The molecule has 0 atom stereocenters. The number of thioether (sulfide) groups is 1. The van der Waals surface area contributed by atoms with E-state index in [9.17, 15) is 4.79 Å². The molecule has 0 aliphatic carbocycles. The Morgan fingerprint density at radius 3 is 2.35 bits per heavy atom. The lowest BCUT2D eigenvalue weighted by Crippen LogP contribution is -2.19. The predicted octanol–water partition coefficient (Wildman–Crippen LogP) is 3.32. The first-order valence-electron chi connectivity index (χ1n) is 5.79. The standard InChI is InChI=1S/C14H12N4OS/c1-20-13-6-4-10(5-7-13)17-14(19)18-12-3-2-11(8-15)16-9-12/h2-7,9H,1H3,(H2,17,18,19). The molecule has 2 N–H and O–H groups in total. The van der Waals surface area contributed by atoms with Gasteiger partial charge in [-0.25, -0.2) is 9.78 Å². The van der Waals surface area contributed by atoms with Gasteiger partial charge < -0.3 is 10.6 Å². The summed E-state index contributed by atoms with van der Waals surface area (Å²) in [6.07, 6.45) is 3.43. The zero-order valence-corrected chi connectivity index (χ0v) is 11.6. The third-order valence-corrected chi connectivity index (χ3v) is 3.23. The molecule has 0 aliphatic rings. The largest absolute Gasteiger partial charge is 0.323 e. The summed E-state index contributed by atoms with van der Waals surface area (Å²) in [5.41, 5.74) is 1.55. The van der Waals surface area contributed by atoms with Crippen LogP contribution in [0, 0.1) is 11.3 Å². The number of nitrogens with zero attached hydrogens (tertiary/aromatic N) is 2. The third-order valence-electron chi connectivity index (χ3n) is 2.48. The van der Waals surface area contributed by atoms with Gasteiger partial charge in [-0.2, -0.15) is 5.26 Å². The van der Waals surface area contributed by atoms with Gasteiger partial charge in [0.2, 0.25) is 0 Å². The second kappa shape index (κ2) is 6.59. The number of benzene rings is 1. The van der Waals surface area contributed by atoms with Crippen molar-refractivity contribution in [1.82, 2.24) is 4.98 Å². The van der Waals surface area contributed by atoms with Crippen molar-refractivity contribution in [2.45, 2.75) is 4.90 Å². The highest BCUT2D eigenvalue weighted by Gasteiger charge is 2.03. The fourth-order valence-electron chi connectivity index (χ4n) is 1.50. The summed E-state index contributed by atoms with van der Waals surface area (Å²) in [7, 11) is 0. The number of pyridine rings is 1. The van der Waals surface area contributed by atoms with Crippen LogP contribution in [0.15, 0.2) is 47.5 Å². The average molecular weight is 284 g/mol. The van der Waals surface area contributed by atoms with E-state index in [0.29, 0.717) is 17.1 Å². The van der Waals surface area contributed by atoms with Crippen LogP contribution in [0.1, 0.15) is 5.69 Å². The summed E-state index contributed by atoms with van der Waals surface area (Å²) in [4.78, 5) is 16.8. The normalized spacial score (nSPS) is 9.60. The molecule has 0 aliphatic heterocycles. The molecule has 100 valence electrons. The molecule has 1 aromatic heterocycles. The number of hydrogen-bond donors (Lipinski definition) is 2. The number of urea groups is 1. The maximum atomic E-state index is 11.8. The Morgan fingerprint density at radius 2 is 1.80 bits per heavy atom. The number of rotatable bonds is 3. The van der Waals surface area contributed by atoms with Gasteiger partial charge in [-0.15, -0.1) is 11.8 Å². The van der Waals surface area contributed by atoms with Crippen LogP contribution in [0.2, 0.25) is 0 Å². The fourth-order valence-corrected chi connectivity index (χ4v) is 1.91. The van der Waals surface area contributed by atoms with E-state index in [0.717, 1.165) is 4.90 Å². The maximum absolute atomic E-state index is 11.8. The van der Waals surface area contributed by atoms with Crippen molar-refractivity contribution in [2.75, 3.05) is 16.9 Å². The van der Waals surface area contributed by atoms with Crippen LogP contribution in [-0.2, 0) is 0 Å². The molecule has 20 heavy (non-hydrogen) atoms. The van der Waals surface area contributed by atoms with Gasteiger partial charge in [0.25, 0.3) is 0 Å². The van der Waals surface area contributed by atoms with Gasteiger partial charge in [0.1, 0.15) is 11.8 Å². The van der Waals surface area contributed by atoms with Crippen LogP contribution in [-0.4, -0.2) is 17.3 Å². The smallest absolute Gasteiger partial charge is 0.308 e. The molecule has 0 saturated heterocycles. The second-order valence-electron chi connectivity index (χ2n) is 3.85. The lowest BCUT2D eigenvalue weighted by Gasteiger charge is -2.07. The van der Waals surface area contributed by atoms with Crippen molar-refractivity contribution < 1.29 is 4.79 Å². The number of anilines is 2. The first-order chi connectivity index (χ1) is 9.71. The lowest BCUT2D eigenvalue weighted by molar-refractivity contribution is 0.262. The second-order valence-corrected chi connectivity index (χ2v) is 4.73. The molecular formula is C14H12N4OS. The van der Waals surface area contributed by atoms with Crippen LogP contribution in [0.4, 0.5) is 16.2 Å². The van der Waals surface area contributed by atoms with E-state index in [2.05, 4.69) is 15.6 Å². The molecule has 6 heteroatoms. The van der Waals surface area contributed by atoms with E-state index in [1.807, 2.05) is 36.6 Å². The summed E-state index contributed by atoms with van der Waals surface area (Å²) >= 11 is 1.64. The van der Waals surface area contributed by atoms with Crippen LogP contribution < -0.4 is 10.6 Å². The maximum Gasteiger partial charge on any atom is 0.323 e. The van der Waals surface area contributed by atoms with Gasteiger partial charge in [0, 0.05) is 10.6 Å². The Labute approximate surface area is 121 Å². The van der Waals surface area contributed by atoms with E-state index < -0.39 is 0 Å². The molecule has 0 fully saturated rings. The predicted molar refractivity (Wildman–Crippen MR) is 79.8 cm³/mol. The van der Waals surface area contributed by atoms with Crippen molar-refractivity contribution in [3.8, 4) is 6.07 Å². The summed E-state index contributed by atoms with van der Waals surface area (Å²) in [6.45, 7) is 0. The highest BCUT2D eigenvalue weighted by Crippen LogP contribution is 2.17. The summed E-state index contributed by atoms with van der Waals surface area (Å²) in [5.74, 6) is 0. The van der Waals surface area contributed by atoms with Crippen LogP contribution in [0.25, 0.3) is 0 Å². The number of nitrogens with one attached hydrogen (secondary N) is 2. The van der Waals surface area contributed by atoms with E-state index in [1.165, 1.54) is 6.20 Å². The van der Waals surface area contributed by atoms with Crippen molar-refractivity contribution in [2.24, 2.45) is 0 Å². The van der Waals surface area contributed by atoms with Crippen molar-refractivity contribution in [3.63, 3.8) is 0 Å². The molecule has 2 amide bonds. The van der Waals surface area contributed by atoms with Gasteiger partial charge in [-0.05, 0) is 42.7 Å². The van der Waals surface area contributed by atoms with E-state index in [1.54, 1.807) is 23.9 Å². The molecule has 0 bridgehead atoms. The number of carbonyl (C=O) groups is 1. The third kappa shape index (κ3) is 3.73. The molecule has 0 saturated carbocycles. The fraction of sp³-hybridized carbons (Fsp3) is 0.0714. The molecule has 1 aromatic carbocycles. The highest BCUT2D eigenvalue weighted by atomic mass is 32.2. The van der Waals surface area contributed by atoms with Gasteiger partial charge in [-0.3, -0.25) is 0 Å². The Hall–Kier alpha value is -2.52. The monoisotopic (exact) mass is 284 g/mol. The SMILES string of the molecule is CSc1ccc(NC(=O)Nc2ccc(C#N)nc2)cc1. The topological polar surface area (TPSA) is 77.8 Å². The summed E-state index contributed by atoms with van der Waals surface area (Å²) < 4.78 is 0. The molecule has 1 heterocycles. The average Bonchev–Trinajstić information content (AvgIpc) is 2.49. The Bertz CT molecular complexity index is 632. The van der Waals surface area contributed by atoms with E-state index in [4.69, 9.17) is 5.26 Å². The van der Waals surface area contributed by atoms with Gasteiger partial charge in [-0.1, -0.05) is 0 Å². The van der Waals surface area contributed by atoms with Crippen LogP contribution >= 0.6 is 11.8 Å². The van der Waals surface area contributed by atoms with Crippen LogP contribution in [0.5, 0.6) is 0 Å². The minimum absolute atomic E-state index is 0.309. The van der Waals surface area contributed by atoms with Crippen molar-refractivity contribution >= 4 is 29.2 Å². The van der Waals surface area contributed by atoms with Crippen LogP contribution in [0.3, 0.4) is 0 Å². The zero-order chi connectivity index (χ0) is 14.4. The quantitative estimate of drug-likeness (QED) is 0.847. The zero-order valence-electron chi connectivity index (χ0n) is 10.8. The number of amides is 2. The van der Waals surface area contributed by atoms with Gasteiger partial charge in [0.05, 0.1) is 11.9 Å². The molecule has 5 nitrogen and oxygen atoms in total. The van der Waals surface area contributed by atoms with E-state index in [-0.39, 0.29) is 6.03 Å². The Morgan fingerprint density at radius 1 is 1.15 bits per heavy atom. The molecule has 2 rings (SSSR count). The van der Waals surface area contributed by atoms with Gasteiger partial charge in [0.15, 0.2) is 0 Å². The van der Waals surface area contributed by atoms with Crippen molar-refractivity contribution in [3.05, 3.63) is 48.3 Å². The van der Waals surface area contributed by atoms with E-state index >= 15 is 0 Å². The lowest BCUT2D eigenvalue weighted by atomic mass is 10.3. The molecule has 0 radical (unpaired) electrons. The minimum atomic E-state index is -0.353. The molecule has 2 aromatic rings. The highest BCUT2D eigenvalue weighted by molar-refractivity contribution is 7.98. The van der Waals surface area contributed by atoms with Crippen molar-refractivity contribution in [1.29, 1.82) is 5.26 Å². The molecule has 0 unspecified atom stereocenters. The summed E-state index contributed by atoms with van der Waals surface area (Å²) in [5, 5.41) is 14.0. The molecular weight excluding hydrogens is 272 g/mol. The molecule has 0 spiro atoms. The summed E-state index contributed by atoms with van der Waals surface area (Å²) in [6, 6.07) is 12.3. The minimum Gasteiger partial charge on any atom is -0.308 e. The Balaban J connectivity index is 1.95.